The van der Waals surface area contributed by atoms with Crippen LogP contribution in [-0.4, -0.2) is 83.4 Å². The van der Waals surface area contributed by atoms with E-state index in [1.807, 2.05) is 4.72 Å². The number of carbonyl (C=O) groups is 2. The molecule has 3 amide bonds. The van der Waals surface area contributed by atoms with Gasteiger partial charge in [-0.05, 0) is 95.1 Å². The van der Waals surface area contributed by atoms with E-state index in [2.05, 4.69) is 16.0 Å². The van der Waals surface area contributed by atoms with Crippen molar-refractivity contribution in [3.63, 3.8) is 0 Å². The lowest BCUT2D eigenvalue weighted by Crippen LogP contribution is -2.62. The van der Waals surface area contributed by atoms with Crippen LogP contribution in [-0.2, 0) is 24.8 Å². The van der Waals surface area contributed by atoms with Crippen LogP contribution < -0.4 is 20.7 Å². The molecule has 0 aromatic heterocycles. The van der Waals surface area contributed by atoms with Crippen LogP contribution in [0.2, 0.25) is 0 Å². The van der Waals surface area contributed by atoms with Gasteiger partial charge in [0.15, 0.2) is 0 Å². The first-order valence-electron chi connectivity index (χ1n) is 13.6. The van der Waals surface area contributed by atoms with Crippen molar-refractivity contribution in [1.82, 2.24) is 25.0 Å². The number of sulfonamides is 2. The molecule has 37 heavy (non-hydrogen) atoms. The van der Waals surface area contributed by atoms with E-state index in [-0.39, 0.29) is 29.4 Å². The molecule has 2 aliphatic heterocycles. The number of amides is 3. The molecule has 4 saturated carbocycles. The Kier molecular flexibility index (Phi) is 8.76. The largest absolute Gasteiger partial charge is 0.335 e. The molecule has 0 unspecified atom stereocenters. The van der Waals surface area contributed by atoms with E-state index in [9.17, 15) is 26.4 Å². The Morgan fingerprint density at radius 3 is 1.81 bits per heavy atom. The van der Waals surface area contributed by atoms with E-state index in [1.165, 1.54) is 29.8 Å². The number of hydrogen-bond donors (Lipinski definition) is 4. The normalized spacial score (nSPS) is 32.8. The van der Waals surface area contributed by atoms with Crippen molar-refractivity contribution in [2.24, 2.45) is 23.7 Å². The number of carbonyl (C=O) groups excluding carboxylic acids is 2. The lowest BCUT2D eigenvalue weighted by molar-refractivity contribution is -0.123. The molecule has 4 N–H and O–H groups in total. The number of hydrogen-bond acceptors (Lipinski definition) is 7. The van der Waals surface area contributed by atoms with Crippen LogP contribution in [0.5, 0.6) is 0 Å². The van der Waals surface area contributed by atoms with Gasteiger partial charge in [-0.2, -0.15) is 0 Å². The van der Waals surface area contributed by atoms with Gasteiger partial charge in [-0.3, -0.25) is 9.52 Å². The van der Waals surface area contributed by atoms with Crippen molar-refractivity contribution in [2.75, 3.05) is 38.7 Å². The third kappa shape index (κ3) is 8.03. The van der Waals surface area contributed by atoms with E-state index in [4.69, 9.17) is 0 Å². The first kappa shape index (κ1) is 28.6. The summed E-state index contributed by atoms with van der Waals surface area (Å²) in [5, 5.41) is 9.53. The maximum absolute atomic E-state index is 12.5. The molecular formula is C24H43N5O6S2. The van der Waals surface area contributed by atoms with Gasteiger partial charge in [-0.15, -0.1) is 0 Å². The van der Waals surface area contributed by atoms with E-state index in [1.54, 1.807) is 0 Å². The third-order valence-corrected chi connectivity index (χ3v) is 10.5. The molecule has 11 nitrogen and oxygen atoms in total. The fourth-order valence-corrected chi connectivity index (χ4v) is 8.81. The summed E-state index contributed by atoms with van der Waals surface area (Å²) >= 11 is 0. The second-order valence-electron chi connectivity index (χ2n) is 12.0. The highest BCUT2D eigenvalue weighted by Crippen LogP contribution is 2.55. The summed E-state index contributed by atoms with van der Waals surface area (Å²) in [5.74, 6) is 1.92. The van der Waals surface area contributed by atoms with E-state index in [0.29, 0.717) is 38.8 Å². The lowest BCUT2D eigenvalue weighted by Gasteiger charge is -2.56. The molecule has 6 aliphatic rings. The zero-order valence-electron chi connectivity index (χ0n) is 22.0. The molecule has 212 valence electrons. The maximum Gasteiger partial charge on any atom is 0.315 e. The molecule has 0 atom stereocenters. The highest BCUT2D eigenvalue weighted by molar-refractivity contribution is 7.89. The van der Waals surface area contributed by atoms with Gasteiger partial charge in [0.25, 0.3) is 0 Å². The molecule has 6 fully saturated rings. The molecule has 4 aliphatic carbocycles. The highest BCUT2D eigenvalue weighted by Gasteiger charge is 2.51. The van der Waals surface area contributed by atoms with Crippen LogP contribution in [0.15, 0.2) is 0 Å². The average Bonchev–Trinajstić information content (AvgIpc) is 2.77. The van der Waals surface area contributed by atoms with Crippen molar-refractivity contribution in [3.8, 4) is 0 Å². The Labute approximate surface area is 221 Å². The first-order valence-corrected chi connectivity index (χ1v) is 17.3. The summed E-state index contributed by atoms with van der Waals surface area (Å²) in [4.78, 5) is 23.8. The molecule has 4 bridgehead atoms. The summed E-state index contributed by atoms with van der Waals surface area (Å²) in [6, 6.07) is 0.0340. The van der Waals surface area contributed by atoms with Crippen LogP contribution in [0.3, 0.4) is 0 Å². The van der Waals surface area contributed by atoms with Crippen molar-refractivity contribution in [3.05, 3.63) is 0 Å². The Bertz CT molecular complexity index is 1010. The fraction of sp³-hybridized carbons (Fsp3) is 0.917. The van der Waals surface area contributed by atoms with Crippen LogP contribution >= 0.6 is 0 Å². The molecular weight excluding hydrogens is 518 g/mol. The molecule has 2 heterocycles. The van der Waals surface area contributed by atoms with Crippen molar-refractivity contribution in [2.45, 2.75) is 75.8 Å². The van der Waals surface area contributed by atoms with E-state index < -0.39 is 20.0 Å². The summed E-state index contributed by atoms with van der Waals surface area (Å²) in [5.41, 5.74) is 0.0340. The average molecular weight is 562 g/mol. The van der Waals surface area contributed by atoms with Gasteiger partial charge >= 0.3 is 6.03 Å². The van der Waals surface area contributed by atoms with Crippen molar-refractivity contribution < 1.29 is 26.4 Å². The van der Waals surface area contributed by atoms with E-state index in [0.717, 1.165) is 56.4 Å². The van der Waals surface area contributed by atoms with Crippen LogP contribution in [0.25, 0.3) is 0 Å². The Balaban J connectivity index is 0.000000209. The second-order valence-corrected chi connectivity index (χ2v) is 15.7. The van der Waals surface area contributed by atoms with Crippen molar-refractivity contribution in [1.29, 1.82) is 0 Å². The summed E-state index contributed by atoms with van der Waals surface area (Å²) in [6.45, 7) is 2.56. The zero-order valence-corrected chi connectivity index (χ0v) is 23.6. The topological polar surface area (TPSA) is 154 Å². The quantitative estimate of drug-likeness (QED) is 0.386. The van der Waals surface area contributed by atoms with Gasteiger partial charge < -0.3 is 16.0 Å². The first-order chi connectivity index (χ1) is 17.3. The summed E-state index contributed by atoms with van der Waals surface area (Å²) < 4.78 is 48.1. The van der Waals surface area contributed by atoms with Gasteiger partial charge in [0.05, 0.1) is 12.5 Å². The maximum atomic E-state index is 12.5. The molecule has 13 heteroatoms. The fourth-order valence-electron chi connectivity index (χ4n) is 7.41. The Hall–Kier alpha value is -1.44. The van der Waals surface area contributed by atoms with Crippen LogP contribution in [0.4, 0.5) is 4.79 Å². The van der Waals surface area contributed by atoms with Gasteiger partial charge in [0.1, 0.15) is 0 Å². The minimum Gasteiger partial charge on any atom is -0.335 e. The van der Waals surface area contributed by atoms with Gasteiger partial charge in [0.2, 0.25) is 26.0 Å². The zero-order chi connectivity index (χ0) is 26.8. The second kappa shape index (κ2) is 11.4. The number of nitrogens with one attached hydrogen (secondary N) is 4. The van der Waals surface area contributed by atoms with Gasteiger partial charge in [0, 0.05) is 30.6 Å². The number of piperidine rings is 2. The van der Waals surface area contributed by atoms with Gasteiger partial charge in [-0.25, -0.2) is 25.9 Å². The highest BCUT2D eigenvalue weighted by atomic mass is 32.2. The summed E-state index contributed by atoms with van der Waals surface area (Å²) in [7, 11) is -6.50. The summed E-state index contributed by atoms with van der Waals surface area (Å²) in [6.07, 6.45) is 12.6. The number of nitrogens with zero attached hydrogens (tertiary/aromatic N) is 1. The van der Waals surface area contributed by atoms with Crippen LogP contribution in [0, 0.1) is 23.7 Å². The lowest BCUT2D eigenvalue weighted by atomic mass is 9.53. The third-order valence-electron chi connectivity index (χ3n) is 8.67. The van der Waals surface area contributed by atoms with E-state index >= 15 is 0 Å². The Morgan fingerprint density at radius 1 is 0.838 bits per heavy atom. The standard InChI is InChI=1S/C17H29N3O3S.C7H14N2O3S/c1-24(22,23)20-4-2-15(3-5-20)18-16(21)19-17-9-12-6-13(10-17)8-14(7-12)11-17;1-13(11,12)9-7(10)6-2-4-8-5-3-6/h12-15H,2-11H2,1H3,(H2,18,19,21);6,8H,2-5H2,1H3,(H,9,10). The van der Waals surface area contributed by atoms with Crippen molar-refractivity contribution >= 4 is 32.0 Å². The predicted octanol–water partition coefficient (Wildman–Crippen LogP) is 0.740. The molecule has 0 aromatic rings. The minimum atomic E-state index is -3.39. The minimum absolute atomic E-state index is 0.0340. The smallest absolute Gasteiger partial charge is 0.315 e. The SMILES string of the molecule is CS(=O)(=O)N1CCC(NC(=O)NC23CC4CC(CC(C4)C2)C3)CC1.CS(=O)(=O)NC(=O)C1CCNCC1. The van der Waals surface area contributed by atoms with Gasteiger partial charge in [-0.1, -0.05) is 0 Å². The molecule has 6 rings (SSSR count). The number of urea groups is 1. The van der Waals surface area contributed by atoms with Crippen LogP contribution in [0.1, 0.15) is 64.2 Å². The molecule has 0 spiro atoms. The molecule has 0 radical (unpaired) electrons. The molecule has 2 saturated heterocycles. The Morgan fingerprint density at radius 2 is 1.35 bits per heavy atom. The molecule has 0 aromatic carbocycles. The predicted molar refractivity (Wildman–Crippen MR) is 141 cm³/mol. The number of rotatable bonds is 5. The monoisotopic (exact) mass is 561 g/mol.